The number of carbonyl (C=O) groups is 2. The van der Waals surface area contributed by atoms with Crippen LogP contribution in [0.1, 0.15) is 35.6 Å². The Bertz CT molecular complexity index is 929. The Morgan fingerprint density at radius 3 is 2.62 bits per heavy atom. The number of Topliss-reactive ketones (excluding diaryl/α,β-unsaturated/α-hetero) is 1. The standard InChI is InChI=1S/C19H17NO4S2/c1-12-7-8-18(26-12)16(21)10-24-19(22)15-5-3-4-6-17(15)23-9-14-11-25-13(2)20-14/h3-8,11H,9-10H2,1-2H3. The van der Waals surface area contributed by atoms with E-state index in [-0.39, 0.29) is 24.6 Å². The van der Waals surface area contributed by atoms with Gasteiger partial charge in [0.2, 0.25) is 5.78 Å². The fraction of sp³-hybridized carbons (Fsp3) is 0.211. The Labute approximate surface area is 159 Å². The van der Waals surface area contributed by atoms with E-state index in [9.17, 15) is 9.59 Å². The third kappa shape index (κ3) is 4.56. The number of nitrogens with zero attached hydrogens (tertiary/aromatic N) is 1. The summed E-state index contributed by atoms with van der Waals surface area (Å²) in [7, 11) is 0. The van der Waals surface area contributed by atoms with E-state index in [1.54, 1.807) is 41.7 Å². The lowest BCUT2D eigenvalue weighted by atomic mass is 10.2. The largest absolute Gasteiger partial charge is 0.486 e. The molecule has 0 unspecified atom stereocenters. The number of ketones is 1. The van der Waals surface area contributed by atoms with Crippen LogP contribution in [0.5, 0.6) is 5.75 Å². The molecule has 0 saturated carbocycles. The fourth-order valence-corrected chi connectivity index (χ4v) is 3.64. The van der Waals surface area contributed by atoms with Gasteiger partial charge in [-0.1, -0.05) is 12.1 Å². The number of thiazole rings is 1. The van der Waals surface area contributed by atoms with Gasteiger partial charge < -0.3 is 9.47 Å². The smallest absolute Gasteiger partial charge is 0.342 e. The van der Waals surface area contributed by atoms with Crippen LogP contribution in [0.15, 0.2) is 41.8 Å². The Morgan fingerprint density at radius 2 is 1.92 bits per heavy atom. The number of carbonyl (C=O) groups excluding carboxylic acids is 2. The Balaban J connectivity index is 1.62. The van der Waals surface area contributed by atoms with Gasteiger partial charge in [-0.3, -0.25) is 4.79 Å². The third-order valence-corrected chi connectivity index (χ3v) is 5.36. The highest BCUT2D eigenvalue weighted by Crippen LogP contribution is 2.21. The summed E-state index contributed by atoms with van der Waals surface area (Å²) in [5, 5.41) is 2.87. The molecule has 0 aliphatic rings. The normalized spacial score (nSPS) is 10.5. The molecule has 3 aromatic rings. The molecule has 0 aliphatic carbocycles. The summed E-state index contributed by atoms with van der Waals surface area (Å²) in [5.74, 6) is -0.396. The van der Waals surface area contributed by atoms with Gasteiger partial charge in [0.05, 0.1) is 15.6 Å². The van der Waals surface area contributed by atoms with Crippen LogP contribution in [0.3, 0.4) is 0 Å². The highest BCUT2D eigenvalue weighted by Gasteiger charge is 2.17. The summed E-state index contributed by atoms with van der Waals surface area (Å²) in [6.45, 7) is 3.82. The molecule has 0 bridgehead atoms. The maximum Gasteiger partial charge on any atom is 0.342 e. The molecule has 5 nitrogen and oxygen atoms in total. The van der Waals surface area contributed by atoms with E-state index in [2.05, 4.69) is 4.98 Å². The molecule has 0 saturated heterocycles. The van der Waals surface area contributed by atoms with Gasteiger partial charge in [-0.05, 0) is 38.1 Å². The maximum absolute atomic E-state index is 12.4. The first-order valence-electron chi connectivity index (χ1n) is 7.92. The summed E-state index contributed by atoms with van der Waals surface area (Å²) in [5.41, 5.74) is 1.09. The van der Waals surface area contributed by atoms with Crippen molar-refractivity contribution < 1.29 is 19.1 Å². The topological polar surface area (TPSA) is 65.5 Å². The number of aromatic nitrogens is 1. The van der Waals surface area contributed by atoms with Crippen molar-refractivity contribution in [1.29, 1.82) is 0 Å². The molecule has 0 amide bonds. The molecular weight excluding hydrogens is 370 g/mol. The second-order valence-corrected chi connectivity index (χ2v) is 7.90. The van der Waals surface area contributed by atoms with E-state index >= 15 is 0 Å². The van der Waals surface area contributed by atoms with E-state index in [1.807, 2.05) is 25.3 Å². The van der Waals surface area contributed by atoms with Crippen LogP contribution in [0.25, 0.3) is 0 Å². The number of thiophene rings is 1. The highest BCUT2D eigenvalue weighted by atomic mass is 32.1. The average molecular weight is 387 g/mol. The van der Waals surface area contributed by atoms with Gasteiger partial charge in [0.25, 0.3) is 0 Å². The van der Waals surface area contributed by atoms with Gasteiger partial charge in [-0.15, -0.1) is 22.7 Å². The van der Waals surface area contributed by atoms with Gasteiger partial charge >= 0.3 is 5.97 Å². The van der Waals surface area contributed by atoms with Gasteiger partial charge in [0.1, 0.15) is 17.9 Å². The first kappa shape index (κ1) is 18.3. The SMILES string of the molecule is Cc1ccc(C(=O)COC(=O)c2ccccc2OCc2csc(C)n2)s1. The lowest BCUT2D eigenvalue weighted by Gasteiger charge is -2.10. The molecule has 134 valence electrons. The van der Waals surface area contributed by atoms with Gasteiger partial charge in [-0.25, -0.2) is 9.78 Å². The van der Waals surface area contributed by atoms with Crippen molar-refractivity contribution in [2.24, 2.45) is 0 Å². The van der Waals surface area contributed by atoms with E-state index < -0.39 is 5.97 Å². The number of rotatable bonds is 7. The minimum absolute atomic E-state index is 0.215. The van der Waals surface area contributed by atoms with Crippen molar-refractivity contribution in [2.75, 3.05) is 6.61 Å². The molecule has 0 radical (unpaired) electrons. The van der Waals surface area contributed by atoms with Crippen molar-refractivity contribution in [1.82, 2.24) is 4.98 Å². The number of para-hydroxylation sites is 1. The number of ether oxygens (including phenoxy) is 2. The number of aryl methyl sites for hydroxylation is 2. The molecule has 2 aromatic heterocycles. The molecule has 7 heteroatoms. The zero-order valence-corrected chi connectivity index (χ0v) is 16.0. The van der Waals surface area contributed by atoms with Gasteiger partial charge in [0.15, 0.2) is 6.61 Å². The lowest BCUT2D eigenvalue weighted by molar-refractivity contribution is 0.0471. The minimum Gasteiger partial charge on any atom is -0.486 e. The van der Waals surface area contributed by atoms with E-state index in [0.29, 0.717) is 10.6 Å². The number of benzene rings is 1. The predicted octanol–water partition coefficient (Wildman–Crippen LogP) is 4.44. The fourth-order valence-electron chi connectivity index (χ4n) is 2.25. The molecule has 0 fully saturated rings. The maximum atomic E-state index is 12.4. The molecular formula is C19H17NO4S2. The lowest BCUT2D eigenvalue weighted by Crippen LogP contribution is -2.14. The van der Waals surface area contributed by atoms with Crippen molar-refractivity contribution in [3.63, 3.8) is 0 Å². The summed E-state index contributed by atoms with van der Waals surface area (Å²) in [4.78, 5) is 30.4. The summed E-state index contributed by atoms with van der Waals surface area (Å²) in [6, 6.07) is 10.4. The summed E-state index contributed by atoms with van der Waals surface area (Å²) >= 11 is 2.92. The van der Waals surface area contributed by atoms with Crippen LogP contribution >= 0.6 is 22.7 Å². The van der Waals surface area contributed by atoms with E-state index in [1.165, 1.54) is 11.3 Å². The van der Waals surface area contributed by atoms with Crippen LogP contribution in [0.2, 0.25) is 0 Å². The second kappa shape index (κ2) is 8.25. The van der Waals surface area contributed by atoms with Gasteiger partial charge in [-0.2, -0.15) is 0 Å². The van der Waals surface area contributed by atoms with Crippen molar-refractivity contribution in [3.8, 4) is 5.75 Å². The van der Waals surface area contributed by atoms with Gasteiger partial charge in [0, 0.05) is 10.3 Å². The molecule has 26 heavy (non-hydrogen) atoms. The Hall–Kier alpha value is -2.51. The van der Waals surface area contributed by atoms with Crippen LogP contribution in [0.4, 0.5) is 0 Å². The quantitative estimate of drug-likeness (QED) is 0.443. The highest BCUT2D eigenvalue weighted by molar-refractivity contribution is 7.14. The molecule has 0 aliphatic heterocycles. The van der Waals surface area contributed by atoms with Crippen molar-refractivity contribution in [2.45, 2.75) is 20.5 Å². The summed E-state index contributed by atoms with van der Waals surface area (Å²) in [6.07, 6.45) is 0. The predicted molar refractivity (Wildman–Crippen MR) is 101 cm³/mol. The van der Waals surface area contributed by atoms with E-state index in [4.69, 9.17) is 9.47 Å². The average Bonchev–Trinajstić information content (AvgIpc) is 3.26. The Morgan fingerprint density at radius 1 is 1.12 bits per heavy atom. The third-order valence-electron chi connectivity index (χ3n) is 3.50. The number of hydrogen-bond donors (Lipinski definition) is 0. The van der Waals surface area contributed by atoms with Crippen LogP contribution in [0, 0.1) is 13.8 Å². The van der Waals surface area contributed by atoms with Crippen LogP contribution in [-0.4, -0.2) is 23.3 Å². The number of hydrogen-bond acceptors (Lipinski definition) is 7. The molecule has 0 atom stereocenters. The number of esters is 1. The molecule has 0 spiro atoms. The first-order valence-corrected chi connectivity index (χ1v) is 9.62. The van der Waals surface area contributed by atoms with Crippen LogP contribution < -0.4 is 4.74 Å². The van der Waals surface area contributed by atoms with Crippen molar-refractivity contribution in [3.05, 3.63) is 67.8 Å². The molecule has 1 aromatic carbocycles. The summed E-state index contributed by atoms with van der Waals surface area (Å²) < 4.78 is 10.9. The molecule has 2 heterocycles. The molecule has 0 N–H and O–H groups in total. The minimum atomic E-state index is -0.586. The molecule has 3 rings (SSSR count). The van der Waals surface area contributed by atoms with Crippen LogP contribution in [-0.2, 0) is 11.3 Å². The monoisotopic (exact) mass is 387 g/mol. The van der Waals surface area contributed by atoms with E-state index in [0.717, 1.165) is 15.6 Å². The second-order valence-electron chi connectivity index (χ2n) is 5.55. The Kier molecular flexibility index (Phi) is 5.80. The zero-order valence-electron chi connectivity index (χ0n) is 14.4. The zero-order chi connectivity index (χ0) is 18.5. The first-order chi connectivity index (χ1) is 12.5. The van der Waals surface area contributed by atoms with Crippen molar-refractivity contribution >= 4 is 34.4 Å².